The van der Waals surface area contributed by atoms with Crippen LogP contribution in [-0.2, 0) is 0 Å². The van der Waals surface area contributed by atoms with Crippen molar-refractivity contribution in [2.45, 2.75) is 26.7 Å². The van der Waals surface area contributed by atoms with Gasteiger partial charge in [-0.1, -0.05) is 43.1 Å². The van der Waals surface area contributed by atoms with Crippen LogP contribution >= 0.6 is 23.2 Å². The van der Waals surface area contributed by atoms with Gasteiger partial charge in [-0.05, 0) is 42.7 Å². The van der Waals surface area contributed by atoms with Gasteiger partial charge < -0.3 is 0 Å². The smallest absolute Gasteiger partial charge is 0.183 e. The van der Waals surface area contributed by atoms with Crippen molar-refractivity contribution in [3.05, 3.63) is 57.8 Å². The highest BCUT2D eigenvalue weighted by atomic mass is 35.5. The molecule has 0 amide bonds. The summed E-state index contributed by atoms with van der Waals surface area (Å²) in [5.41, 5.74) is 3.32. The highest BCUT2D eigenvalue weighted by Crippen LogP contribution is 2.32. The number of azo groups is 1. The minimum atomic E-state index is 0.225. The van der Waals surface area contributed by atoms with Crippen molar-refractivity contribution in [1.82, 2.24) is 9.38 Å². The van der Waals surface area contributed by atoms with Crippen LogP contribution in [-0.4, -0.2) is 9.38 Å². The summed E-state index contributed by atoms with van der Waals surface area (Å²) in [5.74, 6) is 0.917. The van der Waals surface area contributed by atoms with Crippen LogP contribution in [0.4, 0.5) is 11.5 Å². The maximum Gasteiger partial charge on any atom is 0.183 e. The lowest BCUT2D eigenvalue weighted by molar-refractivity contribution is 0.831. The predicted molar refractivity (Wildman–Crippen MR) is 94.7 cm³/mol. The van der Waals surface area contributed by atoms with E-state index in [1.54, 1.807) is 6.20 Å². The van der Waals surface area contributed by atoms with Gasteiger partial charge in [-0.15, -0.1) is 10.2 Å². The van der Waals surface area contributed by atoms with Gasteiger partial charge in [-0.2, -0.15) is 0 Å². The fourth-order valence-corrected chi connectivity index (χ4v) is 2.65. The zero-order valence-corrected chi connectivity index (χ0v) is 14.6. The van der Waals surface area contributed by atoms with E-state index < -0.39 is 0 Å². The molecule has 0 aliphatic rings. The van der Waals surface area contributed by atoms with Crippen LogP contribution in [0.5, 0.6) is 0 Å². The second kappa shape index (κ2) is 6.30. The summed E-state index contributed by atoms with van der Waals surface area (Å²) in [6.07, 6.45) is 1.80. The summed E-state index contributed by atoms with van der Waals surface area (Å²) in [5, 5.41) is 10.1. The van der Waals surface area contributed by atoms with E-state index in [2.05, 4.69) is 29.1 Å². The standard InChI is InChI=1S/C17H16Cl2N4/c1-10(2)16-17(23-9-12(18)7-8-15(23)20-16)22-21-14-6-4-5-13(19)11(14)3/h4-10H,1-3H3. The topological polar surface area (TPSA) is 42.0 Å². The van der Waals surface area contributed by atoms with Gasteiger partial charge in [-0.25, -0.2) is 4.98 Å². The van der Waals surface area contributed by atoms with E-state index in [1.165, 1.54) is 0 Å². The number of rotatable bonds is 3. The van der Waals surface area contributed by atoms with Gasteiger partial charge in [0.25, 0.3) is 0 Å². The number of halogens is 2. The van der Waals surface area contributed by atoms with E-state index in [9.17, 15) is 0 Å². The highest BCUT2D eigenvalue weighted by Gasteiger charge is 2.15. The van der Waals surface area contributed by atoms with Crippen LogP contribution in [0.15, 0.2) is 46.8 Å². The first-order chi connectivity index (χ1) is 11.0. The molecule has 0 aliphatic heterocycles. The molecule has 0 spiro atoms. The minimum Gasteiger partial charge on any atom is -0.281 e. The van der Waals surface area contributed by atoms with Crippen molar-refractivity contribution in [2.24, 2.45) is 10.2 Å². The number of benzene rings is 1. The summed E-state index contributed by atoms with van der Waals surface area (Å²) >= 11 is 12.2. The van der Waals surface area contributed by atoms with Gasteiger partial charge >= 0.3 is 0 Å². The van der Waals surface area contributed by atoms with Crippen molar-refractivity contribution >= 4 is 40.4 Å². The number of hydrogen-bond donors (Lipinski definition) is 0. The zero-order chi connectivity index (χ0) is 16.6. The molecular weight excluding hydrogens is 331 g/mol. The van der Waals surface area contributed by atoms with E-state index in [4.69, 9.17) is 23.2 Å². The minimum absolute atomic E-state index is 0.225. The molecule has 3 aromatic rings. The number of hydrogen-bond acceptors (Lipinski definition) is 3. The lowest BCUT2D eigenvalue weighted by Gasteiger charge is -2.03. The van der Waals surface area contributed by atoms with Crippen LogP contribution in [0, 0.1) is 6.92 Å². The van der Waals surface area contributed by atoms with E-state index in [0.717, 1.165) is 22.6 Å². The quantitative estimate of drug-likeness (QED) is 0.499. The fraction of sp³-hybridized carbons (Fsp3) is 0.235. The number of pyridine rings is 1. The summed E-state index contributed by atoms with van der Waals surface area (Å²) in [4.78, 5) is 4.63. The molecule has 0 bridgehead atoms. The molecule has 0 fully saturated rings. The Hall–Kier alpha value is -1.91. The van der Waals surface area contributed by atoms with Crippen LogP contribution in [0.3, 0.4) is 0 Å². The first kappa shape index (κ1) is 16.0. The molecule has 23 heavy (non-hydrogen) atoms. The number of imidazole rings is 1. The lowest BCUT2D eigenvalue weighted by atomic mass is 10.1. The van der Waals surface area contributed by atoms with Crippen molar-refractivity contribution in [3.8, 4) is 0 Å². The van der Waals surface area contributed by atoms with Gasteiger partial charge in [0.2, 0.25) is 0 Å². The Bertz CT molecular complexity index is 897. The molecule has 3 rings (SSSR count). The van der Waals surface area contributed by atoms with Gasteiger partial charge in [-0.3, -0.25) is 4.40 Å². The molecule has 0 N–H and O–H groups in total. The average molecular weight is 347 g/mol. The Morgan fingerprint density at radius 1 is 1.09 bits per heavy atom. The third-order valence-corrected chi connectivity index (χ3v) is 4.25. The molecule has 0 atom stereocenters. The molecule has 0 saturated heterocycles. The molecule has 6 heteroatoms. The SMILES string of the molecule is Cc1c(Cl)cccc1N=Nc1c(C(C)C)nc2ccc(Cl)cn12. The summed E-state index contributed by atoms with van der Waals surface area (Å²) in [6, 6.07) is 9.27. The molecule has 4 nitrogen and oxygen atoms in total. The van der Waals surface area contributed by atoms with Gasteiger partial charge in [0, 0.05) is 11.2 Å². The van der Waals surface area contributed by atoms with E-state index in [-0.39, 0.29) is 5.92 Å². The summed E-state index contributed by atoms with van der Waals surface area (Å²) in [6.45, 7) is 6.07. The van der Waals surface area contributed by atoms with Crippen LogP contribution < -0.4 is 0 Å². The van der Waals surface area contributed by atoms with Crippen molar-refractivity contribution in [1.29, 1.82) is 0 Å². The predicted octanol–water partition coefficient (Wildman–Crippen LogP) is 6.49. The van der Waals surface area contributed by atoms with E-state index in [1.807, 2.05) is 41.7 Å². The largest absolute Gasteiger partial charge is 0.281 e. The molecule has 0 aliphatic carbocycles. The Kier molecular flexibility index (Phi) is 4.37. The maximum atomic E-state index is 6.14. The molecule has 1 aromatic carbocycles. The third-order valence-electron chi connectivity index (χ3n) is 3.62. The number of aromatic nitrogens is 2. The highest BCUT2D eigenvalue weighted by molar-refractivity contribution is 6.31. The molecule has 118 valence electrons. The molecular formula is C17H16Cl2N4. The number of fused-ring (bicyclic) bond motifs is 1. The fourth-order valence-electron chi connectivity index (χ4n) is 2.32. The Morgan fingerprint density at radius 3 is 2.61 bits per heavy atom. The maximum absolute atomic E-state index is 6.14. The van der Waals surface area contributed by atoms with Gasteiger partial charge in [0.1, 0.15) is 5.65 Å². The second-order valence-electron chi connectivity index (χ2n) is 5.63. The van der Waals surface area contributed by atoms with Crippen molar-refractivity contribution < 1.29 is 0 Å². The summed E-state index contributed by atoms with van der Waals surface area (Å²) in [7, 11) is 0. The van der Waals surface area contributed by atoms with E-state index in [0.29, 0.717) is 15.9 Å². The van der Waals surface area contributed by atoms with Gasteiger partial charge in [0.05, 0.1) is 16.4 Å². The number of nitrogens with zero attached hydrogens (tertiary/aromatic N) is 4. The molecule has 2 aromatic heterocycles. The third kappa shape index (κ3) is 3.09. The summed E-state index contributed by atoms with van der Waals surface area (Å²) < 4.78 is 1.86. The van der Waals surface area contributed by atoms with E-state index >= 15 is 0 Å². The average Bonchev–Trinajstić information content (AvgIpc) is 2.87. The van der Waals surface area contributed by atoms with Crippen LogP contribution in [0.1, 0.15) is 31.0 Å². The zero-order valence-electron chi connectivity index (χ0n) is 13.1. The second-order valence-corrected chi connectivity index (χ2v) is 6.48. The van der Waals surface area contributed by atoms with Crippen molar-refractivity contribution in [2.75, 3.05) is 0 Å². The Morgan fingerprint density at radius 2 is 1.87 bits per heavy atom. The Labute approximate surface area is 144 Å². The first-order valence-corrected chi connectivity index (χ1v) is 8.07. The first-order valence-electron chi connectivity index (χ1n) is 7.31. The molecule has 0 radical (unpaired) electrons. The molecule has 2 heterocycles. The molecule has 0 unspecified atom stereocenters. The molecule has 0 saturated carbocycles. The van der Waals surface area contributed by atoms with Crippen LogP contribution in [0.2, 0.25) is 10.0 Å². The normalized spacial score (nSPS) is 11.9. The monoisotopic (exact) mass is 346 g/mol. The Balaban J connectivity index is 2.14. The van der Waals surface area contributed by atoms with Gasteiger partial charge in [0.15, 0.2) is 5.82 Å². The lowest BCUT2D eigenvalue weighted by Crippen LogP contribution is -1.88. The van der Waals surface area contributed by atoms with Crippen molar-refractivity contribution in [3.63, 3.8) is 0 Å². The van der Waals surface area contributed by atoms with Crippen LogP contribution in [0.25, 0.3) is 5.65 Å².